The van der Waals surface area contributed by atoms with Gasteiger partial charge in [-0.2, -0.15) is 0 Å². The van der Waals surface area contributed by atoms with Gasteiger partial charge in [-0.3, -0.25) is 4.90 Å². The summed E-state index contributed by atoms with van der Waals surface area (Å²) in [5.74, 6) is 2.82. The first-order chi connectivity index (χ1) is 9.36. The number of likely N-dealkylation sites (tertiary alicyclic amines) is 1. The van der Waals surface area contributed by atoms with Crippen LogP contribution in [0.2, 0.25) is 0 Å². The van der Waals surface area contributed by atoms with E-state index in [1.54, 1.807) is 0 Å². The van der Waals surface area contributed by atoms with Gasteiger partial charge in [0.2, 0.25) is 0 Å². The lowest BCUT2D eigenvalue weighted by Gasteiger charge is -2.34. The third-order valence-electron chi connectivity index (χ3n) is 4.45. The third-order valence-corrected chi connectivity index (χ3v) is 4.45. The maximum atomic E-state index is 5.73. The first kappa shape index (κ1) is 12.9. The molecule has 1 aromatic carbocycles. The van der Waals surface area contributed by atoms with Crippen LogP contribution in [0.15, 0.2) is 24.3 Å². The first-order valence-electron chi connectivity index (χ1n) is 7.50. The molecule has 0 spiro atoms. The van der Waals surface area contributed by atoms with Gasteiger partial charge in [-0.15, -0.1) is 0 Å². The Morgan fingerprint density at radius 2 is 2.11 bits per heavy atom. The summed E-state index contributed by atoms with van der Waals surface area (Å²) >= 11 is 0. The number of hydrogen-bond donors (Lipinski definition) is 1. The lowest BCUT2D eigenvalue weighted by Crippen LogP contribution is -2.39. The Morgan fingerprint density at radius 3 is 3.00 bits per heavy atom. The molecule has 3 heteroatoms. The van der Waals surface area contributed by atoms with E-state index in [0.29, 0.717) is 0 Å². The SMILES string of the molecule is CCOc1ccccc1CN1CCC2CNCC2C1. The quantitative estimate of drug-likeness (QED) is 0.897. The van der Waals surface area contributed by atoms with Crippen molar-refractivity contribution >= 4 is 0 Å². The van der Waals surface area contributed by atoms with E-state index in [4.69, 9.17) is 4.74 Å². The fraction of sp³-hybridized carbons (Fsp3) is 0.625. The van der Waals surface area contributed by atoms with E-state index in [1.165, 1.54) is 38.2 Å². The molecule has 0 bridgehead atoms. The van der Waals surface area contributed by atoms with E-state index in [9.17, 15) is 0 Å². The summed E-state index contributed by atoms with van der Waals surface area (Å²) in [6, 6.07) is 8.45. The average Bonchev–Trinajstić information content (AvgIpc) is 2.89. The monoisotopic (exact) mass is 260 g/mol. The average molecular weight is 260 g/mol. The van der Waals surface area contributed by atoms with Crippen LogP contribution in [0.1, 0.15) is 18.9 Å². The zero-order chi connectivity index (χ0) is 13.1. The lowest BCUT2D eigenvalue weighted by molar-refractivity contribution is 0.141. The standard InChI is InChI=1S/C16H24N2O/c1-2-19-16-6-4-3-5-14(16)11-18-8-7-13-9-17-10-15(13)12-18/h3-6,13,15,17H,2,7-12H2,1H3. The molecule has 0 amide bonds. The van der Waals surface area contributed by atoms with E-state index >= 15 is 0 Å². The number of nitrogens with one attached hydrogen (secondary N) is 1. The molecule has 2 atom stereocenters. The van der Waals surface area contributed by atoms with Crippen molar-refractivity contribution in [1.82, 2.24) is 10.2 Å². The molecule has 0 saturated carbocycles. The number of hydrogen-bond acceptors (Lipinski definition) is 3. The predicted molar refractivity (Wildman–Crippen MR) is 77.4 cm³/mol. The molecule has 2 heterocycles. The smallest absolute Gasteiger partial charge is 0.123 e. The van der Waals surface area contributed by atoms with E-state index < -0.39 is 0 Å². The van der Waals surface area contributed by atoms with Crippen LogP contribution in [0.25, 0.3) is 0 Å². The number of ether oxygens (including phenoxy) is 1. The van der Waals surface area contributed by atoms with Crippen molar-refractivity contribution in [2.75, 3.05) is 32.8 Å². The molecular weight excluding hydrogens is 236 g/mol. The number of nitrogens with zero attached hydrogens (tertiary/aromatic N) is 1. The van der Waals surface area contributed by atoms with Crippen LogP contribution in [-0.2, 0) is 6.54 Å². The molecule has 0 radical (unpaired) electrons. The molecule has 104 valence electrons. The van der Waals surface area contributed by atoms with Gasteiger partial charge in [-0.25, -0.2) is 0 Å². The van der Waals surface area contributed by atoms with Gasteiger partial charge in [0.25, 0.3) is 0 Å². The van der Waals surface area contributed by atoms with Gasteiger partial charge in [-0.1, -0.05) is 18.2 Å². The molecule has 2 saturated heterocycles. The second kappa shape index (κ2) is 5.93. The third kappa shape index (κ3) is 2.93. The van der Waals surface area contributed by atoms with Crippen molar-refractivity contribution in [1.29, 1.82) is 0 Å². The van der Waals surface area contributed by atoms with E-state index in [-0.39, 0.29) is 0 Å². The van der Waals surface area contributed by atoms with Gasteiger partial charge in [0, 0.05) is 18.7 Å². The summed E-state index contributed by atoms with van der Waals surface area (Å²) < 4.78 is 5.73. The molecule has 2 aliphatic rings. The molecule has 1 N–H and O–H groups in total. The minimum Gasteiger partial charge on any atom is -0.494 e. The number of piperidine rings is 1. The van der Waals surface area contributed by atoms with Crippen LogP contribution in [0, 0.1) is 11.8 Å². The molecule has 19 heavy (non-hydrogen) atoms. The van der Waals surface area contributed by atoms with Crippen molar-refractivity contribution in [2.24, 2.45) is 11.8 Å². The molecule has 0 aromatic heterocycles. The Kier molecular flexibility index (Phi) is 4.04. The Labute approximate surface area is 115 Å². The number of rotatable bonds is 4. The minimum absolute atomic E-state index is 0.742. The summed E-state index contributed by atoms with van der Waals surface area (Å²) in [7, 11) is 0. The maximum absolute atomic E-state index is 5.73. The van der Waals surface area contributed by atoms with Crippen molar-refractivity contribution in [3.05, 3.63) is 29.8 Å². The van der Waals surface area contributed by atoms with Gasteiger partial charge >= 0.3 is 0 Å². The molecule has 2 fully saturated rings. The summed E-state index contributed by atoms with van der Waals surface area (Å²) in [4.78, 5) is 2.59. The molecule has 2 unspecified atom stereocenters. The fourth-order valence-corrected chi connectivity index (χ4v) is 3.43. The van der Waals surface area contributed by atoms with Crippen LogP contribution in [-0.4, -0.2) is 37.7 Å². The number of fused-ring (bicyclic) bond motifs is 1. The van der Waals surface area contributed by atoms with Gasteiger partial charge in [-0.05, 0) is 50.9 Å². The summed E-state index contributed by atoms with van der Waals surface area (Å²) in [5.41, 5.74) is 1.33. The Hall–Kier alpha value is -1.06. The van der Waals surface area contributed by atoms with Crippen LogP contribution in [0.3, 0.4) is 0 Å². The van der Waals surface area contributed by atoms with E-state index in [1.807, 2.05) is 6.92 Å². The second-order valence-corrected chi connectivity index (χ2v) is 5.74. The van der Waals surface area contributed by atoms with Gasteiger partial charge < -0.3 is 10.1 Å². The van der Waals surface area contributed by atoms with Crippen LogP contribution < -0.4 is 10.1 Å². The largest absolute Gasteiger partial charge is 0.494 e. The highest BCUT2D eigenvalue weighted by Crippen LogP contribution is 2.28. The molecule has 2 aliphatic heterocycles. The van der Waals surface area contributed by atoms with Crippen molar-refractivity contribution in [3.8, 4) is 5.75 Å². The molecule has 3 rings (SSSR count). The minimum atomic E-state index is 0.742. The normalized spacial score (nSPS) is 27.2. The van der Waals surface area contributed by atoms with Crippen molar-refractivity contribution < 1.29 is 4.74 Å². The summed E-state index contributed by atoms with van der Waals surface area (Å²) in [5, 5.41) is 3.53. The number of benzene rings is 1. The number of para-hydroxylation sites is 1. The van der Waals surface area contributed by atoms with Gasteiger partial charge in [0.05, 0.1) is 6.61 Å². The molecule has 1 aromatic rings. The zero-order valence-corrected chi connectivity index (χ0v) is 11.8. The molecular formula is C16H24N2O. The van der Waals surface area contributed by atoms with E-state index in [0.717, 1.165) is 30.7 Å². The Morgan fingerprint density at radius 1 is 1.26 bits per heavy atom. The zero-order valence-electron chi connectivity index (χ0n) is 11.8. The Balaban J connectivity index is 1.65. The van der Waals surface area contributed by atoms with Crippen LogP contribution in [0.5, 0.6) is 5.75 Å². The summed E-state index contributed by atoms with van der Waals surface area (Å²) in [6.07, 6.45) is 1.34. The maximum Gasteiger partial charge on any atom is 0.123 e. The second-order valence-electron chi connectivity index (χ2n) is 5.74. The topological polar surface area (TPSA) is 24.5 Å². The van der Waals surface area contributed by atoms with E-state index in [2.05, 4.69) is 34.5 Å². The predicted octanol–water partition coefficient (Wildman–Crippen LogP) is 2.13. The first-order valence-corrected chi connectivity index (χ1v) is 7.50. The Bertz CT molecular complexity index is 421. The summed E-state index contributed by atoms with van der Waals surface area (Å²) in [6.45, 7) is 8.71. The van der Waals surface area contributed by atoms with Crippen LogP contribution in [0.4, 0.5) is 0 Å². The van der Waals surface area contributed by atoms with Gasteiger partial charge in [0.15, 0.2) is 0 Å². The fourth-order valence-electron chi connectivity index (χ4n) is 3.43. The lowest BCUT2D eigenvalue weighted by atomic mass is 9.88. The van der Waals surface area contributed by atoms with Crippen molar-refractivity contribution in [3.63, 3.8) is 0 Å². The van der Waals surface area contributed by atoms with Crippen molar-refractivity contribution in [2.45, 2.75) is 19.9 Å². The highest BCUT2D eigenvalue weighted by atomic mass is 16.5. The van der Waals surface area contributed by atoms with Crippen LogP contribution >= 0.6 is 0 Å². The van der Waals surface area contributed by atoms with Gasteiger partial charge in [0.1, 0.15) is 5.75 Å². The highest BCUT2D eigenvalue weighted by molar-refractivity contribution is 5.33. The highest BCUT2D eigenvalue weighted by Gasteiger charge is 2.32. The molecule has 3 nitrogen and oxygen atoms in total. The molecule has 0 aliphatic carbocycles.